The molecule has 0 saturated carbocycles. The summed E-state index contributed by atoms with van der Waals surface area (Å²) in [6.07, 6.45) is 3.46. The number of hydrogen-bond acceptors (Lipinski definition) is 1. The summed E-state index contributed by atoms with van der Waals surface area (Å²) in [6.45, 7) is 7.01. The SMILES string of the molecule is CC1(c2ccccc2)C=[N+](N(c2ccccc2)c2ccccc2)C(C)(C)C1.F[B-](F)(F)F. The molecule has 1 unspecified atom stereocenters. The van der Waals surface area contributed by atoms with Gasteiger partial charge in [0.2, 0.25) is 0 Å². The molecule has 1 heterocycles. The highest BCUT2D eigenvalue weighted by molar-refractivity contribution is 6.50. The lowest BCUT2D eigenvalue weighted by Gasteiger charge is -2.27. The summed E-state index contributed by atoms with van der Waals surface area (Å²) < 4.78 is 41.4. The van der Waals surface area contributed by atoms with Gasteiger partial charge in [0.1, 0.15) is 11.4 Å². The van der Waals surface area contributed by atoms with E-state index in [2.05, 4.69) is 128 Å². The van der Waals surface area contributed by atoms with Crippen LogP contribution < -0.4 is 5.01 Å². The normalized spacial score (nSPS) is 19.5. The summed E-state index contributed by atoms with van der Waals surface area (Å²) in [7, 11) is -6.00. The van der Waals surface area contributed by atoms with Gasteiger partial charge in [-0.25, -0.2) is 0 Å². The van der Waals surface area contributed by atoms with Gasteiger partial charge in [0.15, 0.2) is 11.8 Å². The Labute approximate surface area is 186 Å². The zero-order valence-electron chi connectivity index (χ0n) is 18.4. The van der Waals surface area contributed by atoms with Crippen LogP contribution in [0, 0.1) is 0 Å². The number of halogens is 4. The van der Waals surface area contributed by atoms with E-state index in [9.17, 15) is 17.3 Å². The first-order valence-corrected chi connectivity index (χ1v) is 10.5. The van der Waals surface area contributed by atoms with Gasteiger partial charge in [0, 0.05) is 20.3 Å². The third kappa shape index (κ3) is 5.78. The van der Waals surface area contributed by atoms with Crippen LogP contribution in [-0.2, 0) is 5.41 Å². The third-order valence-corrected chi connectivity index (χ3v) is 5.48. The highest BCUT2D eigenvalue weighted by Gasteiger charge is 2.51. The van der Waals surface area contributed by atoms with Crippen LogP contribution in [0.15, 0.2) is 91.0 Å². The highest BCUT2D eigenvalue weighted by Crippen LogP contribution is 2.41. The van der Waals surface area contributed by atoms with Crippen molar-refractivity contribution in [1.82, 2.24) is 0 Å². The van der Waals surface area contributed by atoms with E-state index in [1.54, 1.807) is 0 Å². The van der Waals surface area contributed by atoms with E-state index in [0.29, 0.717) is 0 Å². The summed E-state index contributed by atoms with van der Waals surface area (Å²) in [6, 6.07) is 32.1. The van der Waals surface area contributed by atoms with E-state index < -0.39 is 7.25 Å². The molecule has 0 fully saturated rings. The lowest BCUT2D eigenvalue weighted by Crippen LogP contribution is -2.42. The number of hydrazone groups is 1. The van der Waals surface area contributed by atoms with Gasteiger partial charge >= 0.3 is 7.25 Å². The molecule has 1 aliphatic heterocycles. The van der Waals surface area contributed by atoms with Crippen molar-refractivity contribution in [2.75, 3.05) is 5.01 Å². The van der Waals surface area contributed by atoms with Gasteiger partial charge in [0.05, 0.1) is 5.41 Å². The predicted molar refractivity (Wildman–Crippen MR) is 124 cm³/mol. The molecule has 2 nitrogen and oxygen atoms in total. The van der Waals surface area contributed by atoms with E-state index in [4.69, 9.17) is 0 Å². The molecular formula is C25H27BF4N2. The van der Waals surface area contributed by atoms with E-state index in [1.807, 2.05) is 0 Å². The maximum atomic E-state index is 9.75. The van der Waals surface area contributed by atoms with Crippen LogP contribution in [0.25, 0.3) is 0 Å². The summed E-state index contributed by atoms with van der Waals surface area (Å²) in [4.78, 5) is 0. The average Bonchev–Trinajstić information content (AvgIpc) is 2.99. The zero-order valence-corrected chi connectivity index (χ0v) is 18.4. The molecule has 0 aromatic heterocycles. The molecule has 3 aromatic carbocycles. The summed E-state index contributed by atoms with van der Waals surface area (Å²) in [5, 5.41) is 2.34. The van der Waals surface area contributed by atoms with E-state index in [0.717, 1.165) is 6.42 Å². The predicted octanol–water partition coefficient (Wildman–Crippen LogP) is 7.26. The topological polar surface area (TPSA) is 6.25 Å². The summed E-state index contributed by atoms with van der Waals surface area (Å²) >= 11 is 0. The first-order chi connectivity index (χ1) is 15.0. The fourth-order valence-electron chi connectivity index (χ4n) is 4.33. The minimum absolute atomic E-state index is 0.00737. The lowest BCUT2D eigenvalue weighted by molar-refractivity contribution is -0.592. The Bertz CT molecular complexity index is 992. The Hall–Kier alpha value is -3.09. The molecule has 0 bridgehead atoms. The molecule has 0 N–H and O–H groups in total. The first kappa shape index (κ1) is 23.6. The first-order valence-electron chi connectivity index (χ1n) is 10.5. The third-order valence-electron chi connectivity index (χ3n) is 5.48. The fraction of sp³-hybridized carbons (Fsp3) is 0.240. The quantitative estimate of drug-likeness (QED) is 0.234. The summed E-state index contributed by atoms with van der Waals surface area (Å²) in [5.74, 6) is 0. The van der Waals surface area contributed by atoms with Crippen molar-refractivity contribution in [1.29, 1.82) is 0 Å². The Morgan fingerprint density at radius 1 is 0.688 bits per heavy atom. The van der Waals surface area contributed by atoms with Gasteiger partial charge in [-0.1, -0.05) is 66.7 Å². The fourth-order valence-corrected chi connectivity index (χ4v) is 4.33. The molecule has 0 spiro atoms. The largest absolute Gasteiger partial charge is 0.673 e. The minimum Gasteiger partial charge on any atom is -0.418 e. The second-order valence-corrected chi connectivity index (χ2v) is 8.72. The van der Waals surface area contributed by atoms with Gasteiger partial charge < -0.3 is 17.3 Å². The standard InChI is InChI=1S/C25H27N2.BF4/c1-24(2)19-25(3,21-13-7-4-8-14-21)20-26(24)27(22-15-9-5-10-16-22)23-17-11-6-12-18-23;2-1(3,4)5/h4-18,20H,19H2,1-3H3;/q+1;-1. The van der Waals surface area contributed by atoms with Gasteiger partial charge in [0.25, 0.3) is 0 Å². The maximum absolute atomic E-state index is 9.75. The molecular weight excluding hydrogens is 415 g/mol. The number of benzene rings is 3. The molecule has 0 radical (unpaired) electrons. The van der Waals surface area contributed by atoms with E-state index >= 15 is 0 Å². The molecule has 32 heavy (non-hydrogen) atoms. The van der Waals surface area contributed by atoms with Gasteiger partial charge in [-0.15, -0.1) is 9.69 Å². The van der Waals surface area contributed by atoms with Gasteiger partial charge in [-0.3, -0.25) is 0 Å². The van der Waals surface area contributed by atoms with E-state index in [-0.39, 0.29) is 11.0 Å². The molecule has 7 heteroatoms. The minimum atomic E-state index is -6.00. The molecule has 3 aromatic rings. The average molecular weight is 442 g/mol. The number of para-hydroxylation sites is 2. The number of anilines is 2. The van der Waals surface area contributed by atoms with Crippen molar-refractivity contribution in [2.24, 2.45) is 0 Å². The van der Waals surface area contributed by atoms with Crippen LogP contribution >= 0.6 is 0 Å². The maximum Gasteiger partial charge on any atom is 0.673 e. The van der Waals surface area contributed by atoms with Gasteiger partial charge in [-0.2, -0.15) is 0 Å². The molecule has 1 aliphatic rings. The van der Waals surface area contributed by atoms with Crippen LogP contribution in [-0.4, -0.2) is 23.7 Å². The second kappa shape index (κ2) is 9.19. The molecule has 1 atom stereocenters. The van der Waals surface area contributed by atoms with Crippen LogP contribution in [0.3, 0.4) is 0 Å². The second-order valence-electron chi connectivity index (χ2n) is 8.72. The smallest absolute Gasteiger partial charge is 0.418 e. The van der Waals surface area contributed by atoms with Gasteiger partial charge in [-0.05, 0) is 36.8 Å². The lowest BCUT2D eigenvalue weighted by atomic mass is 9.77. The number of hydrazine groups is 1. The van der Waals surface area contributed by atoms with Crippen LogP contribution in [0.5, 0.6) is 0 Å². The van der Waals surface area contributed by atoms with Crippen molar-refractivity contribution in [2.45, 2.75) is 38.1 Å². The van der Waals surface area contributed by atoms with Crippen LogP contribution in [0.2, 0.25) is 0 Å². The monoisotopic (exact) mass is 442 g/mol. The molecule has 168 valence electrons. The van der Waals surface area contributed by atoms with Crippen molar-refractivity contribution in [3.8, 4) is 0 Å². The Balaban J connectivity index is 0.000000523. The Morgan fingerprint density at radius 3 is 1.47 bits per heavy atom. The zero-order chi connectivity index (χ0) is 23.4. The van der Waals surface area contributed by atoms with Crippen LogP contribution in [0.4, 0.5) is 28.6 Å². The van der Waals surface area contributed by atoms with Crippen molar-refractivity contribution in [3.63, 3.8) is 0 Å². The van der Waals surface area contributed by atoms with Crippen molar-refractivity contribution in [3.05, 3.63) is 96.6 Å². The van der Waals surface area contributed by atoms with Crippen molar-refractivity contribution < 1.29 is 21.9 Å². The van der Waals surface area contributed by atoms with E-state index in [1.165, 1.54) is 16.9 Å². The van der Waals surface area contributed by atoms with Crippen molar-refractivity contribution >= 4 is 24.8 Å². The molecule has 0 amide bonds. The molecule has 4 rings (SSSR count). The Kier molecular flexibility index (Phi) is 6.77. The molecule has 0 aliphatic carbocycles. The number of hydrogen-bond donors (Lipinski definition) is 0. The number of rotatable bonds is 4. The Morgan fingerprint density at radius 2 is 1.06 bits per heavy atom. The summed E-state index contributed by atoms with van der Waals surface area (Å²) in [5.41, 5.74) is 3.68. The van der Waals surface area contributed by atoms with Crippen LogP contribution in [0.1, 0.15) is 32.8 Å². The molecule has 0 saturated heterocycles. The number of nitrogens with zero attached hydrogens (tertiary/aromatic N) is 2. The highest BCUT2D eigenvalue weighted by atomic mass is 19.5.